The molecule has 20 heavy (non-hydrogen) atoms. The third-order valence-corrected chi connectivity index (χ3v) is 3.04. The van der Waals surface area contributed by atoms with Gasteiger partial charge in [0.25, 0.3) is 0 Å². The van der Waals surface area contributed by atoms with Crippen LogP contribution in [0.15, 0.2) is 36.5 Å². The van der Waals surface area contributed by atoms with Crippen molar-refractivity contribution in [2.75, 3.05) is 7.11 Å². The summed E-state index contributed by atoms with van der Waals surface area (Å²) >= 11 is 0. The van der Waals surface area contributed by atoms with Crippen LogP contribution in [0.4, 0.5) is 0 Å². The lowest BCUT2D eigenvalue weighted by Gasteiger charge is -2.19. The fourth-order valence-electron chi connectivity index (χ4n) is 1.99. The van der Waals surface area contributed by atoms with Gasteiger partial charge in [0.2, 0.25) is 0 Å². The molecule has 0 bridgehead atoms. The Kier molecular flexibility index (Phi) is 4.57. The van der Waals surface area contributed by atoms with Gasteiger partial charge in [0, 0.05) is 31.1 Å². The van der Waals surface area contributed by atoms with Crippen LogP contribution in [0.5, 0.6) is 0 Å². The molecule has 0 spiro atoms. The quantitative estimate of drug-likeness (QED) is 0.880. The van der Waals surface area contributed by atoms with Crippen LogP contribution >= 0.6 is 0 Å². The molecule has 4 nitrogen and oxygen atoms in total. The highest BCUT2D eigenvalue weighted by Crippen LogP contribution is 2.22. The summed E-state index contributed by atoms with van der Waals surface area (Å²) < 4.78 is 5.57. The summed E-state index contributed by atoms with van der Waals surface area (Å²) in [5, 5.41) is 3.44. The number of nitrogens with one attached hydrogen (secondary N) is 2. The first kappa shape index (κ1) is 14.8. The average molecular weight is 273 g/mol. The molecule has 2 N–H and O–H groups in total. The first-order valence-corrected chi connectivity index (χ1v) is 6.86. The van der Waals surface area contributed by atoms with E-state index in [1.807, 2.05) is 36.5 Å². The van der Waals surface area contributed by atoms with Crippen LogP contribution in [0, 0.1) is 0 Å². The van der Waals surface area contributed by atoms with Gasteiger partial charge >= 0.3 is 0 Å². The summed E-state index contributed by atoms with van der Waals surface area (Å²) in [5.41, 5.74) is 2.25. The number of ether oxygens (including phenoxy) is 1. The third kappa shape index (κ3) is 3.92. The minimum absolute atomic E-state index is 0.0887. The van der Waals surface area contributed by atoms with Crippen LogP contribution in [0.1, 0.15) is 44.0 Å². The summed E-state index contributed by atoms with van der Waals surface area (Å²) in [7, 11) is 1.70. The highest BCUT2D eigenvalue weighted by molar-refractivity contribution is 5.23. The number of aromatic nitrogens is 2. The largest absolute Gasteiger partial charge is 0.369 e. The first-order chi connectivity index (χ1) is 9.49. The lowest BCUT2D eigenvalue weighted by Crippen LogP contribution is -2.35. The van der Waals surface area contributed by atoms with Crippen molar-refractivity contribution in [3.63, 3.8) is 0 Å². The summed E-state index contributed by atoms with van der Waals surface area (Å²) in [6, 6.07) is 10.1. The molecule has 0 saturated carbocycles. The molecule has 0 saturated heterocycles. The topological polar surface area (TPSA) is 49.9 Å². The molecule has 1 unspecified atom stereocenters. The molecule has 108 valence electrons. The standard InChI is InChI=1S/C16H23N3O/c1-16(2,3)18-11-13-10-17-15(19-13)14(20-4)12-8-6-5-7-9-12/h5-10,14,18H,11H2,1-4H3,(H,17,19). The molecule has 0 amide bonds. The highest BCUT2D eigenvalue weighted by Gasteiger charge is 2.17. The van der Waals surface area contributed by atoms with Crippen LogP contribution in [-0.4, -0.2) is 22.6 Å². The van der Waals surface area contributed by atoms with Crippen LogP contribution in [0.3, 0.4) is 0 Å². The fourth-order valence-corrected chi connectivity index (χ4v) is 1.99. The molecule has 1 aromatic heterocycles. The van der Waals surface area contributed by atoms with Crippen molar-refractivity contribution in [3.8, 4) is 0 Å². The monoisotopic (exact) mass is 273 g/mol. The van der Waals surface area contributed by atoms with Crippen LogP contribution in [0.25, 0.3) is 0 Å². The summed E-state index contributed by atoms with van der Waals surface area (Å²) in [6.45, 7) is 7.20. The van der Waals surface area contributed by atoms with Crippen molar-refractivity contribution in [2.24, 2.45) is 0 Å². The number of methoxy groups -OCH3 is 1. The van der Waals surface area contributed by atoms with Crippen LogP contribution < -0.4 is 5.32 Å². The Bertz CT molecular complexity index is 528. The van der Waals surface area contributed by atoms with E-state index in [4.69, 9.17) is 4.74 Å². The van der Waals surface area contributed by atoms with Gasteiger partial charge in [0.1, 0.15) is 11.9 Å². The van der Waals surface area contributed by atoms with Crippen LogP contribution in [0.2, 0.25) is 0 Å². The summed E-state index contributed by atoms with van der Waals surface area (Å²) in [4.78, 5) is 7.78. The smallest absolute Gasteiger partial charge is 0.140 e. The number of aromatic amines is 1. The Morgan fingerprint density at radius 1 is 1.25 bits per heavy atom. The summed E-state index contributed by atoms with van der Waals surface area (Å²) in [5.74, 6) is 0.837. The Labute approximate surface area is 120 Å². The number of hydrogen-bond donors (Lipinski definition) is 2. The predicted octanol–water partition coefficient (Wildman–Crippen LogP) is 3.03. The molecule has 0 radical (unpaired) electrons. The van der Waals surface area contributed by atoms with E-state index in [-0.39, 0.29) is 11.6 Å². The van der Waals surface area contributed by atoms with Gasteiger partial charge in [-0.15, -0.1) is 0 Å². The van der Waals surface area contributed by atoms with Gasteiger partial charge in [-0.3, -0.25) is 0 Å². The molecule has 4 heteroatoms. The predicted molar refractivity (Wildman–Crippen MR) is 80.5 cm³/mol. The molecule has 1 heterocycles. The van der Waals surface area contributed by atoms with Crippen molar-refractivity contribution in [2.45, 2.75) is 39.0 Å². The number of imidazole rings is 1. The number of hydrogen-bond acceptors (Lipinski definition) is 3. The zero-order valence-corrected chi connectivity index (χ0v) is 12.6. The molecule has 2 rings (SSSR count). The molecule has 2 aromatic rings. The maximum absolute atomic E-state index is 5.57. The Morgan fingerprint density at radius 3 is 2.55 bits per heavy atom. The van der Waals surface area contributed by atoms with E-state index < -0.39 is 0 Å². The van der Waals surface area contributed by atoms with Gasteiger partial charge in [-0.2, -0.15) is 0 Å². The molecule has 1 aromatic carbocycles. The van der Waals surface area contributed by atoms with E-state index in [9.17, 15) is 0 Å². The normalized spacial score (nSPS) is 13.4. The van der Waals surface area contributed by atoms with Crippen molar-refractivity contribution >= 4 is 0 Å². The summed E-state index contributed by atoms with van der Waals surface area (Å²) in [6.07, 6.45) is 1.71. The minimum Gasteiger partial charge on any atom is -0.369 e. The van der Waals surface area contributed by atoms with Crippen molar-refractivity contribution in [3.05, 3.63) is 53.6 Å². The number of nitrogens with zero attached hydrogens (tertiary/aromatic N) is 1. The first-order valence-electron chi connectivity index (χ1n) is 6.86. The van der Waals surface area contributed by atoms with Crippen molar-refractivity contribution in [1.29, 1.82) is 0 Å². The number of H-pyrrole nitrogens is 1. The number of rotatable bonds is 5. The van der Waals surface area contributed by atoms with E-state index in [0.29, 0.717) is 0 Å². The van der Waals surface area contributed by atoms with E-state index in [2.05, 4.69) is 36.1 Å². The maximum Gasteiger partial charge on any atom is 0.140 e. The second-order valence-corrected chi connectivity index (χ2v) is 5.92. The third-order valence-electron chi connectivity index (χ3n) is 3.04. The second-order valence-electron chi connectivity index (χ2n) is 5.92. The molecule has 0 aliphatic carbocycles. The Balaban J connectivity index is 2.11. The molecule has 0 fully saturated rings. The van der Waals surface area contributed by atoms with Gasteiger partial charge in [-0.1, -0.05) is 30.3 Å². The lowest BCUT2D eigenvalue weighted by atomic mass is 10.1. The average Bonchev–Trinajstić information content (AvgIpc) is 2.87. The molecular weight excluding hydrogens is 250 g/mol. The zero-order chi connectivity index (χ0) is 14.6. The Hall–Kier alpha value is -1.65. The van der Waals surface area contributed by atoms with Gasteiger partial charge in [0.05, 0.1) is 0 Å². The van der Waals surface area contributed by atoms with Gasteiger partial charge in [-0.05, 0) is 26.3 Å². The lowest BCUT2D eigenvalue weighted by molar-refractivity contribution is 0.129. The van der Waals surface area contributed by atoms with E-state index >= 15 is 0 Å². The Morgan fingerprint density at radius 2 is 1.95 bits per heavy atom. The molecule has 0 aliphatic heterocycles. The molecule has 0 aliphatic rings. The van der Waals surface area contributed by atoms with Gasteiger partial charge < -0.3 is 15.0 Å². The van der Waals surface area contributed by atoms with E-state index in [1.165, 1.54) is 0 Å². The van der Waals surface area contributed by atoms with E-state index in [1.54, 1.807) is 7.11 Å². The number of benzene rings is 1. The van der Waals surface area contributed by atoms with Crippen LogP contribution in [-0.2, 0) is 11.3 Å². The minimum atomic E-state index is -0.153. The highest BCUT2D eigenvalue weighted by atomic mass is 16.5. The van der Waals surface area contributed by atoms with Gasteiger partial charge in [0.15, 0.2) is 0 Å². The zero-order valence-electron chi connectivity index (χ0n) is 12.6. The molecular formula is C16H23N3O. The van der Waals surface area contributed by atoms with Crippen molar-refractivity contribution in [1.82, 2.24) is 15.3 Å². The van der Waals surface area contributed by atoms with E-state index in [0.717, 1.165) is 23.6 Å². The second kappa shape index (κ2) is 6.20. The maximum atomic E-state index is 5.57. The SMILES string of the molecule is COC(c1ccccc1)c1ncc(CNC(C)(C)C)[nH]1. The fraction of sp³-hybridized carbons (Fsp3) is 0.438. The molecule has 1 atom stereocenters. The van der Waals surface area contributed by atoms with Crippen molar-refractivity contribution < 1.29 is 4.74 Å². The van der Waals surface area contributed by atoms with Gasteiger partial charge in [-0.25, -0.2) is 4.98 Å².